The summed E-state index contributed by atoms with van der Waals surface area (Å²) in [5.41, 5.74) is 0.130. The molecule has 5 heteroatoms. The third-order valence-electron chi connectivity index (χ3n) is 4.18. The van der Waals surface area contributed by atoms with Crippen molar-refractivity contribution in [3.8, 4) is 0 Å². The van der Waals surface area contributed by atoms with E-state index in [1.165, 1.54) is 0 Å². The van der Waals surface area contributed by atoms with Crippen molar-refractivity contribution in [3.05, 3.63) is 0 Å². The number of piperazine rings is 1. The Balaban J connectivity index is 2.09. The Morgan fingerprint density at radius 1 is 1.33 bits per heavy atom. The summed E-state index contributed by atoms with van der Waals surface area (Å²) in [4.78, 5) is 14.4. The lowest BCUT2D eigenvalue weighted by Crippen LogP contribution is -2.65. The van der Waals surface area contributed by atoms with Crippen molar-refractivity contribution in [3.63, 3.8) is 0 Å². The fourth-order valence-electron chi connectivity index (χ4n) is 3.05. The maximum atomic E-state index is 12.1. The van der Waals surface area contributed by atoms with Gasteiger partial charge in [-0.05, 0) is 39.8 Å². The Morgan fingerprint density at radius 3 is 2.72 bits per heavy atom. The van der Waals surface area contributed by atoms with Crippen molar-refractivity contribution in [1.29, 1.82) is 0 Å². The van der Waals surface area contributed by atoms with E-state index in [1.807, 2.05) is 6.92 Å². The maximum Gasteiger partial charge on any atom is 0.324 e. The van der Waals surface area contributed by atoms with E-state index in [-0.39, 0.29) is 17.6 Å². The lowest BCUT2D eigenvalue weighted by molar-refractivity contribution is -0.154. The number of carbonyl (C=O) groups excluding carboxylic acids is 1. The lowest BCUT2D eigenvalue weighted by atomic mass is 9.86. The Bertz CT molecular complexity index is 290. The molecule has 0 radical (unpaired) electrons. The number of rotatable bonds is 3. The Labute approximate surface area is 109 Å². The summed E-state index contributed by atoms with van der Waals surface area (Å²) < 4.78 is 5.21. The van der Waals surface area contributed by atoms with E-state index in [1.54, 1.807) is 0 Å². The molecule has 104 valence electrons. The van der Waals surface area contributed by atoms with E-state index in [9.17, 15) is 4.79 Å². The first-order chi connectivity index (χ1) is 8.67. The summed E-state index contributed by atoms with van der Waals surface area (Å²) in [5.74, 6) is -0.0792. The minimum atomic E-state index is -0.123. The van der Waals surface area contributed by atoms with Gasteiger partial charge in [0.25, 0.3) is 0 Å². The molecule has 0 bridgehead atoms. The summed E-state index contributed by atoms with van der Waals surface area (Å²) in [6, 6.07) is -0.123. The number of piperidine rings is 1. The summed E-state index contributed by atoms with van der Waals surface area (Å²) in [5, 5.41) is 6.69. The Hall–Kier alpha value is -0.650. The maximum absolute atomic E-state index is 12.1. The van der Waals surface area contributed by atoms with Gasteiger partial charge in [0.1, 0.15) is 6.04 Å². The van der Waals surface area contributed by atoms with E-state index < -0.39 is 0 Å². The van der Waals surface area contributed by atoms with Crippen LogP contribution in [0, 0.1) is 0 Å². The Kier molecular flexibility index (Phi) is 4.59. The van der Waals surface area contributed by atoms with Gasteiger partial charge in [-0.25, -0.2) is 0 Å². The first-order valence-corrected chi connectivity index (χ1v) is 7.02. The summed E-state index contributed by atoms with van der Waals surface area (Å²) in [6.07, 6.45) is 2.20. The number of nitrogens with zero attached hydrogens (tertiary/aromatic N) is 1. The van der Waals surface area contributed by atoms with Gasteiger partial charge < -0.3 is 15.4 Å². The molecular weight excluding hydrogens is 230 g/mol. The van der Waals surface area contributed by atoms with Gasteiger partial charge in [-0.3, -0.25) is 9.69 Å². The molecule has 18 heavy (non-hydrogen) atoms. The first-order valence-electron chi connectivity index (χ1n) is 7.02. The lowest BCUT2D eigenvalue weighted by Gasteiger charge is -2.49. The average Bonchev–Trinajstić information content (AvgIpc) is 2.40. The molecule has 2 saturated heterocycles. The van der Waals surface area contributed by atoms with Crippen LogP contribution >= 0.6 is 0 Å². The van der Waals surface area contributed by atoms with Gasteiger partial charge in [-0.2, -0.15) is 0 Å². The second-order valence-corrected chi connectivity index (χ2v) is 5.41. The number of esters is 1. The summed E-state index contributed by atoms with van der Waals surface area (Å²) >= 11 is 0. The van der Waals surface area contributed by atoms with Gasteiger partial charge in [0.2, 0.25) is 0 Å². The molecule has 0 spiro atoms. The van der Waals surface area contributed by atoms with Crippen LogP contribution in [0.5, 0.6) is 0 Å². The van der Waals surface area contributed by atoms with Crippen molar-refractivity contribution < 1.29 is 9.53 Å². The molecule has 2 aliphatic rings. The molecule has 0 aromatic carbocycles. The normalized spacial score (nSPS) is 28.9. The van der Waals surface area contributed by atoms with E-state index in [2.05, 4.69) is 22.5 Å². The van der Waals surface area contributed by atoms with Gasteiger partial charge in [-0.15, -0.1) is 0 Å². The molecule has 5 nitrogen and oxygen atoms in total. The van der Waals surface area contributed by atoms with Gasteiger partial charge >= 0.3 is 5.97 Å². The summed E-state index contributed by atoms with van der Waals surface area (Å²) in [6.45, 7) is 9.28. The fourth-order valence-corrected chi connectivity index (χ4v) is 3.05. The molecule has 1 atom stereocenters. The van der Waals surface area contributed by atoms with Crippen LogP contribution in [0.1, 0.15) is 26.7 Å². The van der Waals surface area contributed by atoms with Gasteiger partial charge in [-0.1, -0.05) is 0 Å². The second-order valence-electron chi connectivity index (χ2n) is 5.41. The van der Waals surface area contributed by atoms with Crippen molar-refractivity contribution in [2.75, 3.05) is 39.3 Å². The van der Waals surface area contributed by atoms with Crippen LogP contribution in [0.4, 0.5) is 0 Å². The molecule has 0 aromatic heterocycles. The highest BCUT2D eigenvalue weighted by Gasteiger charge is 2.41. The fraction of sp³-hybridized carbons (Fsp3) is 0.923. The largest absolute Gasteiger partial charge is 0.465 e. The van der Waals surface area contributed by atoms with Gasteiger partial charge in [0, 0.05) is 25.2 Å². The third-order valence-corrected chi connectivity index (χ3v) is 4.18. The molecule has 1 unspecified atom stereocenters. The van der Waals surface area contributed by atoms with Crippen molar-refractivity contribution in [1.82, 2.24) is 15.5 Å². The highest BCUT2D eigenvalue weighted by atomic mass is 16.5. The van der Waals surface area contributed by atoms with E-state index in [0.29, 0.717) is 13.2 Å². The van der Waals surface area contributed by atoms with Gasteiger partial charge in [0.15, 0.2) is 0 Å². The molecule has 2 heterocycles. The molecule has 2 fully saturated rings. The standard InChI is InChI=1S/C13H25N3O2/c1-3-18-12(17)11-10-15-8-9-16(11)13(2)4-6-14-7-5-13/h11,14-15H,3-10H2,1-2H3. The van der Waals surface area contributed by atoms with E-state index >= 15 is 0 Å². The van der Waals surface area contributed by atoms with E-state index in [4.69, 9.17) is 4.74 Å². The number of carbonyl (C=O) groups is 1. The van der Waals surface area contributed by atoms with Crippen molar-refractivity contribution >= 4 is 5.97 Å². The highest BCUT2D eigenvalue weighted by molar-refractivity contribution is 5.76. The summed E-state index contributed by atoms with van der Waals surface area (Å²) in [7, 11) is 0. The smallest absolute Gasteiger partial charge is 0.324 e. The molecule has 0 amide bonds. The minimum absolute atomic E-state index is 0.0792. The monoisotopic (exact) mass is 255 g/mol. The molecule has 2 N–H and O–H groups in total. The number of hydrogen-bond acceptors (Lipinski definition) is 5. The zero-order chi connectivity index (χ0) is 13.0. The highest BCUT2D eigenvalue weighted by Crippen LogP contribution is 2.28. The number of hydrogen-bond donors (Lipinski definition) is 2. The van der Waals surface area contributed by atoms with Crippen LogP contribution in [-0.4, -0.2) is 61.8 Å². The van der Waals surface area contributed by atoms with Crippen LogP contribution in [0.15, 0.2) is 0 Å². The third kappa shape index (κ3) is 2.84. The van der Waals surface area contributed by atoms with Gasteiger partial charge in [0.05, 0.1) is 6.61 Å². The molecule has 2 rings (SSSR count). The predicted molar refractivity (Wildman–Crippen MR) is 70.5 cm³/mol. The van der Waals surface area contributed by atoms with Crippen LogP contribution < -0.4 is 10.6 Å². The van der Waals surface area contributed by atoms with Crippen LogP contribution in [0.25, 0.3) is 0 Å². The Morgan fingerprint density at radius 2 is 2.06 bits per heavy atom. The van der Waals surface area contributed by atoms with E-state index in [0.717, 1.165) is 39.0 Å². The number of nitrogens with one attached hydrogen (secondary N) is 2. The van der Waals surface area contributed by atoms with Crippen LogP contribution in [-0.2, 0) is 9.53 Å². The predicted octanol–water partition coefficient (Wildman–Crippen LogP) is -0.0346. The topological polar surface area (TPSA) is 53.6 Å². The van der Waals surface area contributed by atoms with Crippen LogP contribution in [0.3, 0.4) is 0 Å². The van der Waals surface area contributed by atoms with Crippen molar-refractivity contribution in [2.45, 2.75) is 38.3 Å². The first kappa shape index (κ1) is 13.8. The quantitative estimate of drug-likeness (QED) is 0.693. The molecule has 0 saturated carbocycles. The molecule has 0 aliphatic carbocycles. The van der Waals surface area contributed by atoms with Crippen molar-refractivity contribution in [2.24, 2.45) is 0 Å². The zero-order valence-electron chi connectivity index (χ0n) is 11.5. The number of ether oxygens (including phenoxy) is 1. The SMILES string of the molecule is CCOC(=O)C1CNCCN1C1(C)CCNCC1. The van der Waals surface area contributed by atoms with Crippen LogP contribution in [0.2, 0.25) is 0 Å². The zero-order valence-corrected chi connectivity index (χ0v) is 11.5. The minimum Gasteiger partial charge on any atom is -0.465 e. The average molecular weight is 255 g/mol. The second kappa shape index (κ2) is 5.99. The molecule has 0 aromatic rings. The molecular formula is C13H25N3O2. The molecule has 2 aliphatic heterocycles.